The predicted molar refractivity (Wildman–Crippen MR) is 82.4 cm³/mol. The molecule has 0 N–H and O–H groups in total. The predicted octanol–water partition coefficient (Wildman–Crippen LogP) is 2.91. The van der Waals surface area contributed by atoms with Crippen LogP contribution >= 0.6 is 27.5 Å². The van der Waals surface area contributed by atoms with Gasteiger partial charge in [-0.15, -0.1) is 11.6 Å². The minimum Gasteiger partial charge on any atom is -0.339 e. The Bertz CT molecular complexity index is 769. The van der Waals surface area contributed by atoms with Crippen LogP contribution in [-0.4, -0.2) is 30.6 Å². The van der Waals surface area contributed by atoms with Crippen molar-refractivity contribution in [2.45, 2.75) is 26.3 Å². The van der Waals surface area contributed by atoms with Gasteiger partial charge in [0.25, 0.3) is 0 Å². The lowest BCUT2D eigenvalue weighted by Gasteiger charge is -2.05. The first-order valence-electron chi connectivity index (χ1n) is 6.53. The fraction of sp³-hybridized carbons (Fsp3) is 0.385. The number of rotatable bonds is 5. The molecule has 3 aromatic heterocycles. The van der Waals surface area contributed by atoms with Gasteiger partial charge in [0.1, 0.15) is 11.3 Å². The van der Waals surface area contributed by atoms with Crippen molar-refractivity contribution < 1.29 is 4.52 Å². The van der Waals surface area contributed by atoms with Crippen LogP contribution < -0.4 is 0 Å². The van der Waals surface area contributed by atoms with Crippen LogP contribution in [0.3, 0.4) is 0 Å². The molecule has 0 bridgehead atoms. The smallest absolute Gasteiger partial charge is 0.228 e. The van der Waals surface area contributed by atoms with Crippen molar-refractivity contribution in [2.75, 3.05) is 5.88 Å². The first-order chi connectivity index (χ1) is 10.2. The molecule has 6 nitrogen and oxygen atoms in total. The molecular weight excluding hydrogens is 358 g/mol. The van der Waals surface area contributed by atoms with E-state index in [-0.39, 0.29) is 0 Å². The van der Waals surface area contributed by atoms with Gasteiger partial charge in [-0.25, -0.2) is 9.97 Å². The molecule has 0 amide bonds. The lowest BCUT2D eigenvalue weighted by molar-refractivity contribution is 0.368. The Morgan fingerprint density at radius 1 is 1.33 bits per heavy atom. The zero-order valence-corrected chi connectivity index (χ0v) is 13.7. The van der Waals surface area contributed by atoms with E-state index in [0.717, 1.165) is 21.5 Å². The summed E-state index contributed by atoms with van der Waals surface area (Å²) >= 11 is 9.28. The minimum atomic E-state index is 0.518. The number of hydrogen-bond acceptors (Lipinski definition) is 5. The Morgan fingerprint density at radius 2 is 2.19 bits per heavy atom. The second-order valence-corrected chi connectivity index (χ2v) is 5.89. The Hall–Kier alpha value is -1.47. The third-order valence-corrected chi connectivity index (χ3v) is 3.69. The second-order valence-electron chi connectivity index (χ2n) is 4.60. The van der Waals surface area contributed by atoms with Crippen LogP contribution in [0.15, 0.2) is 21.3 Å². The van der Waals surface area contributed by atoms with Gasteiger partial charge in [-0.2, -0.15) is 4.98 Å². The quantitative estimate of drug-likeness (QED) is 0.646. The topological polar surface area (TPSA) is 69.6 Å². The fourth-order valence-electron chi connectivity index (χ4n) is 2.19. The molecule has 21 heavy (non-hydrogen) atoms. The molecule has 0 radical (unpaired) electrons. The largest absolute Gasteiger partial charge is 0.339 e. The normalized spacial score (nSPS) is 11.4. The van der Waals surface area contributed by atoms with Gasteiger partial charge in [-0.05, 0) is 28.9 Å². The Balaban J connectivity index is 1.92. The maximum absolute atomic E-state index is 5.86. The summed E-state index contributed by atoms with van der Waals surface area (Å²) in [6.07, 6.45) is 3.10. The number of imidazole rings is 1. The first kappa shape index (κ1) is 14.5. The summed E-state index contributed by atoms with van der Waals surface area (Å²) < 4.78 is 8.11. The number of aromatic nitrogens is 5. The van der Waals surface area contributed by atoms with Crippen molar-refractivity contribution >= 4 is 38.7 Å². The average Bonchev–Trinajstić information content (AvgIpc) is 3.00. The Kier molecular flexibility index (Phi) is 4.21. The number of halogens is 2. The monoisotopic (exact) mass is 369 g/mol. The van der Waals surface area contributed by atoms with Gasteiger partial charge < -0.3 is 9.09 Å². The van der Waals surface area contributed by atoms with E-state index in [1.165, 1.54) is 0 Å². The standard InChI is InChI=1S/C13H13BrClN5O/c1-8-17-12(21-19-8)3-5-20-11(2-4-15)18-10-6-9(14)7-16-13(10)20/h6-7H,2-5H2,1H3. The number of nitrogens with zero attached hydrogens (tertiary/aromatic N) is 5. The van der Waals surface area contributed by atoms with Gasteiger partial charge in [0.15, 0.2) is 11.5 Å². The third-order valence-electron chi connectivity index (χ3n) is 3.07. The van der Waals surface area contributed by atoms with Gasteiger partial charge in [-0.3, -0.25) is 0 Å². The van der Waals surface area contributed by atoms with E-state index in [1.807, 2.05) is 6.07 Å². The van der Waals surface area contributed by atoms with E-state index >= 15 is 0 Å². The summed E-state index contributed by atoms with van der Waals surface area (Å²) in [7, 11) is 0. The van der Waals surface area contributed by atoms with Crippen molar-refractivity contribution in [3.63, 3.8) is 0 Å². The van der Waals surface area contributed by atoms with E-state index in [1.54, 1.807) is 13.1 Å². The molecule has 110 valence electrons. The highest BCUT2D eigenvalue weighted by atomic mass is 79.9. The van der Waals surface area contributed by atoms with E-state index in [2.05, 4.69) is 40.6 Å². The molecule has 0 unspecified atom stereocenters. The third kappa shape index (κ3) is 3.08. The van der Waals surface area contributed by atoms with E-state index in [0.29, 0.717) is 37.0 Å². The molecule has 0 fully saturated rings. The Labute approximate surface area is 134 Å². The fourth-order valence-corrected chi connectivity index (χ4v) is 2.68. The SMILES string of the molecule is Cc1noc(CCn2c(CCCl)nc3cc(Br)cnc32)n1. The van der Waals surface area contributed by atoms with Crippen LogP contribution in [0.4, 0.5) is 0 Å². The van der Waals surface area contributed by atoms with Gasteiger partial charge in [0.05, 0.1) is 0 Å². The molecule has 3 heterocycles. The highest BCUT2D eigenvalue weighted by Gasteiger charge is 2.13. The van der Waals surface area contributed by atoms with Crippen LogP contribution in [0, 0.1) is 6.92 Å². The zero-order chi connectivity index (χ0) is 14.8. The van der Waals surface area contributed by atoms with Crippen LogP contribution in [-0.2, 0) is 19.4 Å². The second kappa shape index (κ2) is 6.11. The zero-order valence-electron chi connectivity index (χ0n) is 11.4. The molecule has 0 aliphatic rings. The van der Waals surface area contributed by atoms with Crippen molar-refractivity contribution in [2.24, 2.45) is 0 Å². The number of hydrogen-bond donors (Lipinski definition) is 0. The lowest BCUT2D eigenvalue weighted by atomic mass is 10.3. The summed E-state index contributed by atoms with van der Waals surface area (Å²) in [6, 6.07) is 1.95. The van der Waals surface area contributed by atoms with Crippen LogP contribution in [0.5, 0.6) is 0 Å². The van der Waals surface area contributed by atoms with E-state index < -0.39 is 0 Å². The molecule has 8 heteroatoms. The number of pyridine rings is 1. The summed E-state index contributed by atoms with van der Waals surface area (Å²) in [5, 5.41) is 3.80. The van der Waals surface area contributed by atoms with Crippen molar-refractivity contribution in [1.29, 1.82) is 0 Å². The summed E-state index contributed by atoms with van der Waals surface area (Å²) in [5.74, 6) is 2.69. The number of aryl methyl sites for hydroxylation is 4. The molecule has 0 saturated carbocycles. The summed E-state index contributed by atoms with van der Waals surface area (Å²) in [4.78, 5) is 13.3. The summed E-state index contributed by atoms with van der Waals surface area (Å²) in [6.45, 7) is 2.48. The molecule has 3 aromatic rings. The van der Waals surface area contributed by atoms with Crippen LogP contribution in [0.2, 0.25) is 0 Å². The Morgan fingerprint density at radius 3 is 2.90 bits per heavy atom. The van der Waals surface area contributed by atoms with Crippen LogP contribution in [0.25, 0.3) is 11.2 Å². The first-order valence-corrected chi connectivity index (χ1v) is 7.86. The van der Waals surface area contributed by atoms with Crippen molar-refractivity contribution in [3.05, 3.63) is 34.3 Å². The van der Waals surface area contributed by atoms with E-state index in [4.69, 9.17) is 16.1 Å². The molecule has 3 rings (SSSR count). The minimum absolute atomic E-state index is 0.518. The molecule has 0 aromatic carbocycles. The van der Waals surface area contributed by atoms with Gasteiger partial charge >= 0.3 is 0 Å². The highest BCUT2D eigenvalue weighted by Crippen LogP contribution is 2.19. The molecule has 0 saturated heterocycles. The van der Waals surface area contributed by atoms with E-state index in [9.17, 15) is 0 Å². The van der Waals surface area contributed by atoms with Gasteiger partial charge in [0.2, 0.25) is 5.89 Å². The molecular formula is C13H13BrClN5O. The maximum Gasteiger partial charge on any atom is 0.228 e. The van der Waals surface area contributed by atoms with Crippen molar-refractivity contribution in [1.82, 2.24) is 24.7 Å². The highest BCUT2D eigenvalue weighted by molar-refractivity contribution is 9.10. The van der Waals surface area contributed by atoms with Crippen LogP contribution in [0.1, 0.15) is 17.5 Å². The average molecular weight is 371 g/mol. The van der Waals surface area contributed by atoms with Crippen molar-refractivity contribution in [3.8, 4) is 0 Å². The number of fused-ring (bicyclic) bond motifs is 1. The molecule has 0 aliphatic carbocycles. The maximum atomic E-state index is 5.86. The molecule has 0 atom stereocenters. The molecule has 0 spiro atoms. The van der Waals surface area contributed by atoms with Gasteiger partial charge in [0, 0.05) is 35.9 Å². The van der Waals surface area contributed by atoms with Gasteiger partial charge in [-0.1, -0.05) is 5.16 Å². The molecule has 0 aliphatic heterocycles. The number of alkyl halides is 1. The summed E-state index contributed by atoms with van der Waals surface area (Å²) in [5.41, 5.74) is 1.70. The lowest BCUT2D eigenvalue weighted by Crippen LogP contribution is -2.08.